The number of halogens is 2. The zero-order chi connectivity index (χ0) is 18.7. The highest BCUT2D eigenvalue weighted by molar-refractivity contribution is 6.30. The third-order valence-electron chi connectivity index (χ3n) is 4.82. The number of aromatic carboxylic acids is 1. The maximum Gasteiger partial charge on any atom is 0.335 e. The zero-order valence-corrected chi connectivity index (χ0v) is 14.9. The highest BCUT2D eigenvalue weighted by Gasteiger charge is 2.26. The first-order chi connectivity index (χ1) is 12.5. The van der Waals surface area contributed by atoms with Crippen LogP contribution < -0.4 is 0 Å². The molecule has 0 bridgehead atoms. The van der Waals surface area contributed by atoms with Crippen LogP contribution in [0.3, 0.4) is 0 Å². The van der Waals surface area contributed by atoms with Crippen molar-refractivity contribution in [3.05, 3.63) is 70.0 Å². The molecule has 0 aromatic heterocycles. The number of likely N-dealkylation sites (tertiary alicyclic amines) is 1. The smallest absolute Gasteiger partial charge is 0.335 e. The molecule has 0 atom stereocenters. The average Bonchev–Trinajstić information content (AvgIpc) is 2.62. The molecule has 1 aliphatic rings. The molecule has 1 saturated heterocycles. The number of rotatable bonds is 4. The predicted octanol–water partition coefficient (Wildman–Crippen LogP) is 4.27. The standard InChI is InChI=1S/C20H19ClFNO3/c21-15-5-6-17(18(22)12-15)19(24)23-9-7-13(8-10-23)11-14-3-1-2-4-16(14)20(25)26/h1-6,12-13H,7-11H2,(H,25,26). The van der Waals surface area contributed by atoms with Gasteiger partial charge in [-0.2, -0.15) is 0 Å². The Labute approximate surface area is 156 Å². The number of hydrogen-bond donors (Lipinski definition) is 1. The van der Waals surface area contributed by atoms with Crippen LogP contribution in [0.4, 0.5) is 4.39 Å². The molecule has 0 radical (unpaired) electrons. The Morgan fingerprint density at radius 3 is 2.46 bits per heavy atom. The Bertz CT molecular complexity index is 832. The summed E-state index contributed by atoms with van der Waals surface area (Å²) in [4.78, 5) is 25.5. The summed E-state index contributed by atoms with van der Waals surface area (Å²) in [7, 11) is 0. The van der Waals surface area contributed by atoms with E-state index >= 15 is 0 Å². The van der Waals surface area contributed by atoms with Gasteiger partial charge in [-0.25, -0.2) is 9.18 Å². The summed E-state index contributed by atoms with van der Waals surface area (Å²) in [5, 5.41) is 9.54. The van der Waals surface area contributed by atoms with Crippen LogP contribution in [0.2, 0.25) is 5.02 Å². The van der Waals surface area contributed by atoms with Gasteiger partial charge in [-0.05, 0) is 55.0 Å². The van der Waals surface area contributed by atoms with Crippen LogP contribution in [0.1, 0.15) is 39.1 Å². The molecule has 1 heterocycles. The lowest BCUT2D eigenvalue weighted by atomic mass is 9.88. The van der Waals surface area contributed by atoms with Crippen LogP contribution in [0.5, 0.6) is 0 Å². The number of nitrogens with zero attached hydrogens (tertiary/aromatic N) is 1. The summed E-state index contributed by atoms with van der Waals surface area (Å²) in [6.45, 7) is 1.06. The van der Waals surface area contributed by atoms with E-state index in [1.807, 2.05) is 12.1 Å². The van der Waals surface area contributed by atoms with Crippen molar-refractivity contribution in [1.29, 1.82) is 0 Å². The van der Waals surface area contributed by atoms with E-state index in [1.165, 1.54) is 12.1 Å². The molecular weight excluding hydrogens is 357 g/mol. The van der Waals surface area contributed by atoms with Gasteiger partial charge in [-0.15, -0.1) is 0 Å². The van der Waals surface area contributed by atoms with Gasteiger partial charge in [0.25, 0.3) is 5.91 Å². The second kappa shape index (κ2) is 7.87. The fraction of sp³-hybridized carbons (Fsp3) is 0.300. The van der Waals surface area contributed by atoms with E-state index in [1.54, 1.807) is 17.0 Å². The number of amides is 1. The fourth-order valence-corrected chi connectivity index (χ4v) is 3.55. The van der Waals surface area contributed by atoms with Gasteiger partial charge < -0.3 is 10.0 Å². The lowest BCUT2D eigenvalue weighted by molar-refractivity contribution is 0.0686. The van der Waals surface area contributed by atoms with Gasteiger partial charge in [-0.1, -0.05) is 29.8 Å². The molecule has 0 aliphatic carbocycles. The van der Waals surface area contributed by atoms with Crippen LogP contribution in [-0.2, 0) is 6.42 Å². The highest BCUT2D eigenvalue weighted by Crippen LogP contribution is 2.25. The predicted molar refractivity (Wildman–Crippen MR) is 97.1 cm³/mol. The molecule has 2 aromatic carbocycles. The summed E-state index contributed by atoms with van der Waals surface area (Å²) in [6, 6.07) is 11.1. The van der Waals surface area contributed by atoms with Crippen LogP contribution in [0, 0.1) is 11.7 Å². The highest BCUT2D eigenvalue weighted by atomic mass is 35.5. The van der Waals surface area contributed by atoms with Gasteiger partial charge in [-0.3, -0.25) is 4.79 Å². The monoisotopic (exact) mass is 375 g/mol. The summed E-state index contributed by atoms with van der Waals surface area (Å²) in [6.07, 6.45) is 2.18. The minimum atomic E-state index is -0.925. The van der Waals surface area contributed by atoms with E-state index in [4.69, 9.17) is 11.6 Å². The molecule has 2 aromatic rings. The summed E-state index contributed by atoms with van der Waals surface area (Å²) in [5.41, 5.74) is 1.17. The molecule has 6 heteroatoms. The van der Waals surface area contributed by atoms with Crippen LogP contribution >= 0.6 is 11.6 Å². The molecule has 4 nitrogen and oxygen atoms in total. The average molecular weight is 376 g/mol. The number of carboxylic acids is 1. The fourth-order valence-electron chi connectivity index (χ4n) is 3.39. The Kier molecular flexibility index (Phi) is 5.57. The van der Waals surface area contributed by atoms with E-state index in [9.17, 15) is 19.1 Å². The molecule has 1 N–H and O–H groups in total. The number of carbonyl (C=O) groups is 2. The minimum Gasteiger partial charge on any atom is -0.478 e. The molecule has 0 unspecified atom stereocenters. The molecule has 26 heavy (non-hydrogen) atoms. The van der Waals surface area contributed by atoms with E-state index in [2.05, 4.69) is 0 Å². The quantitative estimate of drug-likeness (QED) is 0.868. The van der Waals surface area contributed by atoms with E-state index < -0.39 is 11.8 Å². The third-order valence-corrected chi connectivity index (χ3v) is 5.05. The molecule has 3 rings (SSSR count). The molecule has 136 valence electrons. The van der Waals surface area contributed by atoms with Gasteiger partial charge in [0.1, 0.15) is 5.82 Å². The maximum atomic E-state index is 14.0. The first kappa shape index (κ1) is 18.4. The van der Waals surface area contributed by atoms with Gasteiger partial charge in [0, 0.05) is 18.1 Å². The minimum absolute atomic E-state index is 0.0315. The van der Waals surface area contributed by atoms with E-state index in [0.29, 0.717) is 31.0 Å². The first-order valence-corrected chi connectivity index (χ1v) is 8.89. The van der Waals surface area contributed by atoms with Crippen molar-refractivity contribution in [2.24, 2.45) is 5.92 Å². The van der Waals surface area contributed by atoms with Crippen molar-refractivity contribution in [1.82, 2.24) is 4.90 Å². The van der Waals surface area contributed by atoms with Gasteiger partial charge >= 0.3 is 5.97 Å². The number of piperidine rings is 1. The van der Waals surface area contributed by atoms with Crippen molar-refractivity contribution < 1.29 is 19.1 Å². The number of carbonyl (C=O) groups excluding carboxylic acids is 1. The Morgan fingerprint density at radius 2 is 1.81 bits per heavy atom. The van der Waals surface area contributed by atoms with Crippen molar-refractivity contribution in [2.75, 3.05) is 13.1 Å². The molecule has 0 spiro atoms. The Morgan fingerprint density at radius 1 is 1.12 bits per heavy atom. The normalized spacial score (nSPS) is 15.1. The Hall–Kier alpha value is -2.40. The van der Waals surface area contributed by atoms with Gasteiger partial charge in [0.2, 0.25) is 0 Å². The van der Waals surface area contributed by atoms with E-state index in [-0.39, 0.29) is 16.5 Å². The van der Waals surface area contributed by atoms with Crippen molar-refractivity contribution >= 4 is 23.5 Å². The lowest BCUT2D eigenvalue weighted by Crippen LogP contribution is -2.39. The van der Waals surface area contributed by atoms with Crippen molar-refractivity contribution in [3.8, 4) is 0 Å². The third kappa shape index (κ3) is 4.05. The maximum absolute atomic E-state index is 14.0. The largest absolute Gasteiger partial charge is 0.478 e. The molecule has 1 amide bonds. The van der Waals surface area contributed by atoms with Crippen molar-refractivity contribution in [2.45, 2.75) is 19.3 Å². The Balaban J connectivity index is 1.63. The number of benzene rings is 2. The second-order valence-electron chi connectivity index (χ2n) is 6.53. The second-order valence-corrected chi connectivity index (χ2v) is 6.96. The molecular formula is C20H19ClFNO3. The summed E-state index contributed by atoms with van der Waals surface area (Å²) >= 11 is 5.73. The van der Waals surface area contributed by atoms with Crippen molar-refractivity contribution in [3.63, 3.8) is 0 Å². The van der Waals surface area contributed by atoms with Crippen LogP contribution in [0.15, 0.2) is 42.5 Å². The number of carboxylic acid groups (broad SMARTS) is 1. The zero-order valence-electron chi connectivity index (χ0n) is 14.1. The molecule has 0 saturated carbocycles. The van der Waals surface area contributed by atoms with Crippen LogP contribution in [-0.4, -0.2) is 35.0 Å². The topological polar surface area (TPSA) is 57.6 Å². The summed E-state index contributed by atoms with van der Waals surface area (Å²) in [5.74, 6) is -1.57. The molecule has 1 aliphatic heterocycles. The lowest BCUT2D eigenvalue weighted by Gasteiger charge is -2.32. The SMILES string of the molecule is O=C(O)c1ccccc1CC1CCN(C(=O)c2ccc(Cl)cc2F)CC1. The van der Waals surface area contributed by atoms with E-state index in [0.717, 1.165) is 24.5 Å². The first-order valence-electron chi connectivity index (χ1n) is 8.51. The molecule has 1 fully saturated rings. The van der Waals surface area contributed by atoms with Crippen LogP contribution in [0.25, 0.3) is 0 Å². The number of hydrogen-bond acceptors (Lipinski definition) is 2. The summed E-state index contributed by atoms with van der Waals surface area (Å²) < 4.78 is 14.0. The van der Waals surface area contributed by atoms with Gasteiger partial charge in [0.05, 0.1) is 11.1 Å². The van der Waals surface area contributed by atoms with Gasteiger partial charge in [0.15, 0.2) is 0 Å².